The van der Waals surface area contributed by atoms with Crippen molar-refractivity contribution in [3.63, 3.8) is 0 Å². The third-order valence-corrected chi connectivity index (χ3v) is 7.08. The second-order valence-electron chi connectivity index (χ2n) is 9.18. The zero-order valence-electron chi connectivity index (χ0n) is 20.2. The van der Waals surface area contributed by atoms with Crippen molar-refractivity contribution in [1.29, 1.82) is 0 Å². The highest BCUT2D eigenvalue weighted by Crippen LogP contribution is 2.44. The summed E-state index contributed by atoms with van der Waals surface area (Å²) in [5, 5.41) is 12.4. The zero-order chi connectivity index (χ0) is 26.4. The van der Waals surface area contributed by atoms with Crippen molar-refractivity contribution in [3.05, 3.63) is 58.0 Å². The van der Waals surface area contributed by atoms with Gasteiger partial charge in [0.1, 0.15) is 11.3 Å². The molecule has 194 valence electrons. The Hall–Kier alpha value is -3.93. The third kappa shape index (κ3) is 4.41. The molecule has 1 aliphatic heterocycles. The molecule has 3 aromatic rings. The van der Waals surface area contributed by atoms with Crippen LogP contribution in [0.25, 0.3) is 10.9 Å². The van der Waals surface area contributed by atoms with E-state index in [1.54, 1.807) is 10.6 Å². The second kappa shape index (κ2) is 9.51. The molecule has 5 rings (SSSR count). The normalized spacial score (nSPS) is 17.6. The molecule has 1 atom stereocenters. The van der Waals surface area contributed by atoms with Gasteiger partial charge in [-0.05, 0) is 50.2 Å². The van der Waals surface area contributed by atoms with Crippen molar-refractivity contribution in [1.82, 2.24) is 14.8 Å². The molecule has 0 radical (unpaired) electrons. The van der Waals surface area contributed by atoms with E-state index in [9.17, 15) is 19.5 Å². The minimum Gasteiger partial charge on any atom is -0.492 e. The molecule has 2 aromatic heterocycles. The topological polar surface area (TPSA) is 117 Å². The summed E-state index contributed by atoms with van der Waals surface area (Å²) < 4.78 is 28.1. The molecule has 0 unspecified atom stereocenters. The maximum atomic E-state index is 15.6. The Morgan fingerprint density at radius 3 is 2.65 bits per heavy atom. The molecule has 37 heavy (non-hydrogen) atoms. The molecule has 1 aromatic carbocycles. The zero-order valence-corrected chi connectivity index (χ0v) is 21.0. The van der Waals surface area contributed by atoms with E-state index in [1.807, 2.05) is 16.7 Å². The number of hydrogen-bond donors (Lipinski definition) is 2. The fourth-order valence-corrected chi connectivity index (χ4v) is 5.19. The number of rotatable bonds is 5. The summed E-state index contributed by atoms with van der Waals surface area (Å²) in [5.74, 6) is -2.16. The summed E-state index contributed by atoms with van der Waals surface area (Å²) in [6, 6.07) is 4.06. The predicted molar refractivity (Wildman–Crippen MR) is 137 cm³/mol. The summed E-state index contributed by atoms with van der Waals surface area (Å²) >= 11 is 5.44. The Balaban J connectivity index is 1.47. The Morgan fingerprint density at radius 2 is 2.05 bits per heavy atom. The van der Waals surface area contributed by atoms with E-state index in [0.717, 1.165) is 18.9 Å². The number of pyridine rings is 1. The number of nitrogens with zero attached hydrogens (tertiary/aromatic N) is 3. The van der Waals surface area contributed by atoms with Crippen LogP contribution < -0.4 is 20.4 Å². The van der Waals surface area contributed by atoms with Gasteiger partial charge in [-0.25, -0.2) is 9.18 Å². The molecule has 2 fully saturated rings. The SMILES string of the molecule is COc1c(N2CCN(C(=S)NC(=O)c3ccco3)[C@H](C)C2)c(F)cc2c(=O)c(C(=O)O)cn(C3CC3)c12. The number of hydrogen-bond acceptors (Lipinski definition) is 7. The number of aromatic nitrogens is 1. The number of thiocarbonyl (C=S) groups is 1. The van der Waals surface area contributed by atoms with E-state index in [4.69, 9.17) is 21.4 Å². The lowest BCUT2D eigenvalue weighted by molar-refractivity contribution is 0.0694. The van der Waals surface area contributed by atoms with Crippen molar-refractivity contribution in [2.45, 2.75) is 31.8 Å². The lowest BCUT2D eigenvalue weighted by Crippen LogP contribution is -2.57. The molecule has 1 amide bonds. The monoisotopic (exact) mass is 528 g/mol. The van der Waals surface area contributed by atoms with Gasteiger partial charge in [0.15, 0.2) is 22.4 Å². The Bertz CT molecular complexity index is 1470. The highest BCUT2D eigenvalue weighted by molar-refractivity contribution is 7.80. The Morgan fingerprint density at radius 1 is 1.30 bits per heavy atom. The molecule has 1 saturated heterocycles. The lowest BCUT2D eigenvalue weighted by Gasteiger charge is -2.42. The van der Waals surface area contributed by atoms with Gasteiger partial charge < -0.3 is 28.6 Å². The number of anilines is 1. The van der Waals surface area contributed by atoms with Gasteiger partial charge in [-0.3, -0.25) is 14.9 Å². The van der Waals surface area contributed by atoms with E-state index in [2.05, 4.69) is 5.32 Å². The number of piperazine rings is 1. The number of benzene rings is 1. The number of nitrogens with one attached hydrogen (secondary N) is 1. The number of carbonyl (C=O) groups is 2. The van der Waals surface area contributed by atoms with Gasteiger partial charge >= 0.3 is 5.97 Å². The largest absolute Gasteiger partial charge is 0.492 e. The predicted octanol–water partition coefficient (Wildman–Crippen LogP) is 3.00. The number of aromatic carboxylic acids is 1. The summed E-state index contributed by atoms with van der Waals surface area (Å²) in [6.07, 6.45) is 4.37. The van der Waals surface area contributed by atoms with Crippen LogP contribution in [-0.2, 0) is 0 Å². The average molecular weight is 529 g/mol. The number of fused-ring (bicyclic) bond motifs is 1. The summed E-state index contributed by atoms with van der Waals surface area (Å²) in [6.45, 7) is 3.02. The molecule has 1 saturated carbocycles. The number of carbonyl (C=O) groups excluding carboxylic acids is 1. The molecule has 0 spiro atoms. The van der Waals surface area contributed by atoms with Gasteiger partial charge in [0.2, 0.25) is 5.43 Å². The number of methoxy groups -OCH3 is 1. The number of halogens is 1. The van der Waals surface area contributed by atoms with Gasteiger partial charge in [0.05, 0.1) is 24.3 Å². The van der Waals surface area contributed by atoms with Crippen LogP contribution in [0.3, 0.4) is 0 Å². The molecule has 10 nitrogen and oxygen atoms in total. The van der Waals surface area contributed by atoms with Gasteiger partial charge in [0, 0.05) is 37.9 Å². The summed E-state index contributed by atoms with van der Waals surface area (Å²) in [5.41, 5.74) is -0.573. The van der Waals surface area contributed by atoms with Crippen LogP contribution in [0.4, 0.5) is 10.1 Å². The molecule has 3 heterocycles. The number of furan rings is 1. The van der Waals surface area contributed by atoms with Gasteiger partial charge in [-0.15, -0.1) is 0 Å². The maximum absolute atomic E-state index is 15.6. The van der Waals surface area contributed by atoms with Crippen molar-refractivity contribution in [2.75, 3.05) is 31.6 Å². The smallest absolute Gasteiger partial charge is 0.341 e. The first-order valence-electron chi connectivity index (χ1n) is 11.8. The first-order chi connectivity index (χ1) is 17.7. The van der Waals surface area contributed by atoms with Crippen molar-refractivity contribution < 1.29 is 28.2 Å². The molecular formula is C25H25FN4O6S. The number of carboxylic acid groups (broad SMARTS) is 1. The van der Waals surface area contributed by atoms with Gasteiger partial charge in [-0.1, -0.05) is 0 Å². The standard InChI is InChI=1S/C25H25FN4O6S/c1-13-11-28(7-8-29(13)25(37)27-23(32)18-4-3-9-36-18)20-17(26)10-15-19(22(20)35-2)30(14-5-6-14)12-16(21(15)31)24(33)34/h3-4,9-10,12-14H,5-8,11H2,1-2H3,(H,33,34)(H,27,32,37)/t13-/m1/s1. The minimum absolute atomic E-state index is 0.0133. The molecule has 0 bridgehead atoms. The maximum Gasteiger partial charge on any atom is 0.341 e. The summed E-state index contributed by atoms with van der Waals surface area (Å²) in [4.78, 5) is 40.6. The first-order valence-corrected chi connectivity index (χ1v) is 12.2. The molecule has 1 aliphatic carbocycles. The van der Waals surface area contributed by atoms with Crippen LogP contribution in [0.5, 0.6) is 5.75 Å². The van der Waals surface area contributed by atoms with Crippen LogP contribution in [0.15, 0.2) is 39.9 Å². The van der Waals surface area contributed by atoms with Crippen LogP contribution >= 0.6 is 12.2 Å². The fraction of sp³-hybridized carbons (Fsp3) is 0.360. The van der Waals surface area contributed by atoms with Crippen LogP contribution in [0.1, 0.15) is 46.7 Å². The van der Waals surface area contributed by atoms with E-state index < -0.39 is 28.7 Å². The number of ether oxygens (including phenoxy) is 1. The van der Waals surface area contributed by atoms with Crippen LogP contribution in [0, 0.1) is 5.82 Å². The minimum atomic E-state index is -1.36. The van der Waals surface area contributed by atoms with Crippen molar-refractivity contribution in [3.8, 4) is 5.75 Å². The fourth-order valence-electron chi connectivity index (χ4n) is 4.82. The second-order valence-corrected chi connectivity index (χ2v) is 9.56. The lowest BCUT2D eigenvalue weighted by atomic mass is 10.1. The number of carboxylic acids is 1. The van der Waals surface area contributed by atoms with E-state index in [-0.39, 0.29) is 39.8 Å². The average Bonchev–Trinajstić information content (AvgIpc) is 3.55. The van der Waals surface area contributed by atoms with Gasteiger partial charge in [0.25, 0.3) is 5.91 Å². The van der Waals surface area contributed by atoms with E-state index in [1.165, 1.54) is 25.6 Å². The van der Waals surface area contributed by atoms with Gasteiger partial charge in [-0.2, -0.15) is 0 Å². The quantitative estimate of drug-likeness (QED) is 0.482. The highest BCUT2D eigenvalue weighted by Gasteiger charge is 2.34. The molecule has 12 heteroatoms. The van der Waals surface area contributed by atoms with Crippen LogP contribution in [-0.4, -0.2) is 64.3 Å². The molecular weight excluding hydrogens is 503 g/mol. The third-order valence-electron chi connectivity index (χ3n) is 6.74. The van der Waals surface area contributed by atoms with Crippen molar-refractivity contribution in [2.24, 2.45) is 0 Å². The Labute approximate surface area is 216 Å². The molecule has 2 N–H and O–H groups in total. The van der Waals surface area contributed by atoms with Crippen LogP contribution in [0.2, 0.25) is 0 Å². The molecule has 2 aliphatic rings. The first kappa shape index (κ1) is 24.8. The van der Waals surface area contributed by atoms with Crippen molar-refractivity contribution >= 4 is 45.8 Å². The summed E-state index contributed by atoms with van der Waals surface area (Å²) in [7, 11) is 1.41. The number of amides is 1. The van der Waals surface area contributed by atoms with E-state index in [0.29, 0.717) is 25.2 Å². The highest BCUT2D eigenvalue weighted by atomic mass is 32.1. The van der Waals surface area contributed by atoms with E-state index >= 15 is 4.39 Å². The Kier molecular flexibility index (Phi) is 6.36.